The van der Waals surface area contributed by atoms with Gasteiger partial charge in [-0.3, -0.25) is 9.69 Å². The van der Waals surface area contributed by atoms with Crippen molar-refractivity contribution < 1.29 is 31.1 Å². The Bertz CT molecular complexity index is 1360. The second-order valence-corrected chi connectivity index (χ2v) is 10.3. The van der Waals surface area contributed by atoms with Crippen LogP contribution in [0.2, 0.25) is 0 Å². The van der Waals surface area contributed by atoms with Crippen LogP contribution in [0.4, 0.5) is 18.9 Å². The molecule has 3 aromatic carbocycles. The van der Waals surface area contributed by atoms with E-state index in [4.69, 9.17) is 4.74 Å². The van der Waals surface area contributed by atoms with Gasteiger partial charge in [0.05, 0.1) is 12.3 Å². The van der Waals surface area contributed by atoms with Gasteiger partial charge in [-0.2, -0.15) is 4.31 Å². The van der Waals surface area contributed by atoms with Crippen LogP contribution in [0.3, 0.4) is 0 Å². The van der Waals surface area contributed by atoms with Crippen LogP contribution < -0.4 is 10.1 Å². The number of halogens is 3. The van der Waals surface area contributed by atoms with E-state index in [-0.39, 0.29) is 32.1 Å². The third kappa shape index (κ3) is 5.63. The molecular formula is C26H26F3N3O4S. The number of benzene rings is 3. The van der Waals surface area contributed by atoms with Gasteiger partial charge in [0.25, 0.3) is 0 Å². The lowest BCUT2D eigenvalue weighted by Gasteiger charge is -2.38. The predicted molar refractivity (Wildman–Crippen MR) is 132 cm³/mol. The highest BCUT2D eigenvalue weighted by Crippen LogP contribution is 2.30. The Kier molecular flexibility index (Phi) is 8.16. The Morgan fingerprint density at radius 3 is 2.24 bits per heavy atom. The molecule has 1 fully saturated rings. The number of nitrogens with one attached hydrogen (secondary N) is 1. The van der Waals surface area contributed by atoms with Crippen LogP contribution in [0.5, 0.6) is 5.75 Å². The number of nitrogens with zero attached hydrogens (tertiary/aromatic N) is 2. The van der Waals surface area contributed by atoms with E-state index in [1.807, 2.05) is 17.9 Å². The molecule has 1 atom stereocenters. The molecule has 1 heterocycles. The van der Waals surface area contributed by atoms with Gasteiger partial charge >= 0.3 is 0 Å². The number of hydrogen-bond acceptors (Lipinski definition) is 5. The number of para-hydroxylation sites is 2. The van der Waals surface area contributed by atoms with E-state index in [0.717, 1.165) is 4.31 Å². The quantitative estimate of drug-likeness (QED) is 0.440. The largest absolute Gasteiger partial charge is 0.492 e. The van der Waals surface area contributed by atoms with Gasteiger partial charge in [0.15, 0.2) is 17.5 Å². The molecule has 0 spiro atoms. The van der Waals surface area contributed by atoms with Crippen LogP contribution >= 0.6 is 0 Å². The van der Waals surface area contributed by atoms with Crippen molar-refractivity contribution in [2.45, 2.75) is 17.9 Å². The van der Waals surface area contributed by atoms with Gasteiger partial charge in [-0.15, -0.1) is 0 Å². The fourth-order valence-electron chi connectivity index (χ4n) is 4.26. The van der Waals surface area contributed by atoms with E-state index in [1.54, 1.807) is 48.5 Å². The Balaban J connectivity index is 1.55. The average Bonchev–Trinajstić information content (AvgIpc) is 2.89. The zero-order valence-corrected chi connectivity index (χ0v) is 20.8. The number of carbonyl (C=O) groups is 1. The standard InChI is InChI=1S/C26H26F3N3O4S/c1-2-36-21-11-7-6-10-20(21)30-26(33)25(18-8-4-3-5-9-18)31-14-16-32(17-15-31)37(34,35)22-13-12-19(27)23(28)24(22)29/h3-13,25H,2,14-17H2,1H3,(H,30,33). The summed E-state index contributed by atoms with van der Waals surface area (Å²) in [6, 6.07) is 16.6. The summed E-state index contributed by atoms with van der Waals surface area (Å²) in [6.07, 6.45) is 0. The van der Waals surface area contributed by atoms with Gasteiger partial charge in [-0.1, -0.05) is 42.5 Å². The number of amides is 1. The van der Waals surface area contributed by atoms with Gasteiger partial charge < -0.3 is 10.1 Å². The Labute approximate surface area is 213 Å². The van der Waals surface area contributed by atoms with Crippen LogP contribution in [0.1, 0.15) is 18.5 Å². The molecule has 196 valence electrons. The van der Waals surface area contributed by atoms with E-state index < -0.39 is 38.4 Å². The number of anilines is 1. The van der Waals surface area contributed by atoms with Crippen molar-refractivity contribution in [3.8, 4) is 5.75 Å². The third-order valence-corrected chi connectivity index (χ3v) is 7.98. The molecule has 0 aromatic heterocycles. The number of hydrogen-bond donors (Lipinski definition) is 1. The molecule has 1 unspecified atom stereocenters. The van der Waals surface area contributed by atoms with Gasteiger partial charge in [0.2, 0.25) is 15.9 Å². The van der Waals surface area contributed by atoms with Crippen molar-refractivity contribution in [2.75, 3.05) is 38.1 Å². The molecule has 1 aliphatic heterocycles. The van der Waals surface area contributed by atoms with Crippen molar-refractivity contribution in [2.24, 2.45) is 0 Å². The second kappa shape index (κ2) is 11.3. The summed E-state index contributed by atoms with van der Waals surface area (Å²) < 4.78 is 73.8. The van der Waals surface area contributed by atoms with E-state index in [9.17, 15) is 26.4 Å². The first-order chi connectivity index (χ1) is 17.7. The van der Waals surface area contributed by atoms with Crippen molar-refractivity contribution in [3.05, 3.63) is 89.7 Å². The number of sulfonamides is 1. The second-order valence-electron chi connectivity index (χ2n) is 8.35. The SMILES string of the molecule is CCOc1ccccc1NC(=O)C(c1ccccc1)N1CCN(S(=O)(=O)c2ccc(F)c(F)c2F)CC1. The Morgan fingerprint density at radius 1 is 0.919 bits per heavy atom. The molecule has 0 saturated carbocycles. The van der Waals surface area contributed by atoms with Gasteiger partial charge in [-0.05, 0) is 36.8 Å². The van der Waals surface area contributed by atoms with E-state index in [2.05, 4.69) is 5.32 Å². The molecule has 37 heavy (non-hydrogen) atoms. The lowest BCUT2D eigenvalue weighted by atomic mass is 10.0. The smallest absolute Gasteiger partial charge is 0.246 e. The minimum absolute atomic E-state index is 0.0765. The fourth-order valence-corrected chi connectivity index (χ4v) is 5.74. The average molecular weight is 534 g/mol. The molecule has 0 aliphatic carbocycles. The number of carbonyl (C=O) groups excluding carboxylic acids is 1. The van der Waals surface area contributed by atoms with Gasteiger partial charge in [-0.25, -0.2) is 21.6 Å². The van der Waals surface area contributed by atoms with Crippen molar-refractivity contribution in [3.63, 3.8) is 0 Å². The molecule has 1 saturated heterocycles. The lowest BCUT2D eigenvalue weighted by molar-refractivity contribution is -0.122. The Hall–Kier alpha value is -3.41. The molecule has 0 radical (unpaired) electrons. The topological polar surface area (TPSA) is 79.0 Å². The first-order valence-corrected chi connectivity index (χ1v) is 13.1. The maximum atomic E-state index is 14.2. The fraction of sp³-hybridized carbons (Fsp3) is 0.269. The van der Waals surface area contributed by atoms with E-state index >= 15 is 0 Å². The van der Waals surface area contributed by atoms with Crippen molar-refractivity contribution in [1.29, 1.82) is 0 Å². The summed E-state index contributed by atoms with van der Waals surface area (Å²) in [5, 5.41) is 2.91. The maximum absolute atomic E-state index is 14.2. The molecule has 1 N–H and O–H groups in total. The summed E-state index contributed by atoms with van der Waals surface area (Å²) in [6.45, 7) is 2.39. The van der Waals surface area contributed by atoms with Crippen molar-refractivity contribution >= 4 is 21.6 Å². The zero-order valence-electron chi connectivity index (χ0n) is 20.0. The first kappa shape index (κ1) is 26.6. The zero-order chi connectivity index (χ0) is 26.6. The first-order valence-electron chi connectivity index (χ1n) is 11.7. The molecule has 1 amide bonds. The molecule has 7 nitrogen and oxygen atoms in total. The molecule has 11 heteroatoms. The van der Waals surface area contributed by atoms with Crippen LogP contribution in [0.15, 0.2) is 71.6 Å². The normalized spacial score (nSPS) is 15.8. The molecule has 3 aromatic rings. The monoisotopic (exact) mass is 533 g/mol. The summed E-state index contributed by atoms with van der Waals surface area (Å²) >= 11 is 0. The highest BCUT2D eigenvalue weighted by Gasteiger charge is 2.36. The Morgan fingerprint density at radius 2 is 1.57 bits per heavy atom. The predicted octanol–water partition coefficient (Wildman–Crippen LogP) is 4.19. The van der Waals surface area contributed by atoms with Gasteiger partial charge in [0, 0.05) is 26.2 Å². The number of ether oxygens (including phenoxy) is 1. The summed E-state index contributed by atoms with van der Waals surface area (Å²) in [7, 11) is -4.42. The lowest BCUT2D eigenvalue weighted by Crippen LogP contribution is -2.51. The molecule has 4 rings (SSSR count). The third-order valence-electron chi connectivity index (χ3n) is 6.06. The van der Waals surface area contributed by atoms with E-state index in [0.29, 0.717) is 35.7 Å². The minimum Gasteiger partial charge on any atom is -0.492 e. The van der Waals surface area contributed by atoms with Crippen LogP contribution in [-0.4, -0.2) is 56.3 Å². The molecule has 0 bridgehead atoms. The highest BCUT2D eigenvalue weighted by molar-refractivity contribution is 7.89. The highest BCUT2D eigenvalue weighted by atomic mass is 32.2. The molecule has 1 aliphatic rings. The van der Waals surface area contributed by atoms with Crippen LogP contribution in [0, 0.1) is 17.5 Å². The van der Waals surface area contributed by atoms with E-state index in [1.165, 1.54) is 0 Å². The summed E-state index contributed by atoms with van der Waals surface area (Å²) in [5.74, 6) is -4.87. The molecular weight excluding hydrogens is 507 g/mol. The maximum Gasteiger partial charge on any atom is 0.246 e. The van der Waals surface area contributed by atoms with Crippen LogP contribution in [-0.2, 0) is 14.8 Å². The van der Waals surface area contributed by atoms with Gasteiger partial charge in [0.1, 0.15) is 16.7 Å². The summed E-state index contributed by atoms with van der Waals surface area (Å²) in [5.41, 5.74) is 1.21. The number of rotatable bonds is 8. The van der Waals surface area contributed by atoms with Crippen LogP contribution in [0.25, 0.3) is 0 Å². The number of piperazine rings is 1. The summed E-state index contributed by atoms with van der Waals surface area (Å²) in [4.78, 5) is 14.4. The van der Waals surface area contributed by atoms with Crippen molar-refractivity contribution in [1.82, 2.24) is 9.21 Å². The minimum atomic E-state index is -4.42.